The number of halogens is 1. The fraction of sp³-hybridized carbons (Fsp3) is 0.167. The molecule has 1 N–H and O–H groups in total. The molecule has 88 valence electrons. The molecule has 0 atom stereocenters. The summed E-state index contributed by atoms with van der Waals surface area (Å²) in [6.45, 7) is 0. The summed E-state index contributed by atoms with van der Waals surface area (Å²) < 4.78 is 5.04. The zero-order valence-electron chi connectivity index (χ0n) is 9.02. The third-order valence-electron chi connectivity index (χ3n) is 2.16. The zero-order valence-corrected chi connectivity index (χ0v) is 10.6. The highest BCUT2D eigenvalue weighted by molar-refractivity contribution is 9.09. The van der Waals surface area contributed by atoms with Crippen molar-refractivity contribution in [2.24, 2.45) is 0 Å². The number of benzene rings is 1. The minimum Gasteiger partial charge on any atom is -0.338 e. The maximum Gasteiger partial charge on any atom is 0.231 e. The summed E-state index contributed by atoms with van der Waals surface area (Å²) in [4.78, 5) is 11.3. The molecule has 2 aromatic rings. The maximum absolute atomic E-state index is 11.3. The summed E-state index contributed by atoms with van der Waals surface area (Å²) in [5, 5.41) is 7.16. The Balaban J connectivity index is 2.09. The monoisotopic (exact) mass is 294 g/mol. The highest BCUT2D eigenvalue weighted by atomic mass is 79.9. The molecular formula is C12H11BrN2O2. The summed E-state index contributed by atoms with van der Waals surface area (Å²) in [6, 6.07) is 11.4. The van der Waals surface area contributed by atoms with Crippen molar-refractivity contribution < 1.29 is 9.32 Å². The molecule has 0 radical (unpaired) electrons. The number of nitrogens with one attached hydrogen (secondary N) is 1. The first-order valence-corrected chi connectivity index (χ1v) is 6.29. The third kappa shape index (κ3) is 3.17. The second-order valence-electron chi connectivity index (χ2n) is 3.43. The van der Waals surface area contributed by atoms with Crippen LogP contribution in [0.1, 0.15) is 6.42 Å². The predicted molar refractivity (Wildman–Crippen MR) is 69.0 cm³/mol. The Labute approximate surface area is 107 Å². The second kappa shape index (κ2) is 5.63. The molecule has 1 aromatic carbocycles. The Morgan fingerprint density at radius 3 is 2.82 bits per heavy atom. The van der Waals surface area contributed by atoms with E-state index in [9.17, 15) is 4.79 Å². The molecule has 17 heavy (non-hydrogen) atoms. The van der Waals surface area contributed by atoms with E-state index in [2.05, 4.69) is 26.4 Å². The first-order valence-electron chi connectivity index (χ1n) is 5.17. The first kappa shape index (κ1) is 11.9. The van der Waals surface area contributed by atoms with Crippen LogP contribution in [0.25, 0.3) is 11.3 Å². The van der Waals surface area contributed by atoms with E-state index >= 15 is 0 Å². The van der Waals surface area contributed by atoms with Gasteiger partial charge in [0.1, 0.15) is 5.69 Å². The summed E-state index contributed by atoms with van der Waals surface area (Å²) in [6.07, 6.45) is 0.404. The fourth-order valence-electron chi connectivity index (χ4n) is 1.36. The summed E-state index contributed by atoms with van der Waals surface area (Å²) in [7, 11) is 0. The molecule has 1 aromatic heterocycles. The smallest absolute Gasteiger partial charge is 0.231 e. The Kier molecular flexibility index (Phi) is 3.93. The van der Waals surface area contributed by atoms with Crippen molar-refractivity contribution in [1.82, 2.24) is 5.16 Å². The van der Waals surface area contributed by atoms with E-state index in [1.54, 1.807) is 6.07 Å². The summed E-state index contributed by atoms with van der Waals surface area (Å²) in [5.74, 6) is 0.271. The molecule has 1 heterocycles. The number of carbonyl (C=O) groups excluding carboxylic acids is 1. The summed E-state index contributed by atoms with van der Waals surface area (Å²) in [5.41, 5.74) is 1.66. The van der Waals surface area contributed by atoms with Crippen molar-refractivity contribution >= 4 is 27.7 Å². The minimum absolute atomic E-state index is 0.0994. The quantitative estimate of drug-likeness (QED) is 0.882. The number of nitrogens with zero attached hydrogens (tertiary/aromatic N) is 1. The lowest BCUT2D eigenvalue weighted by atomic mass is 10.2. The highest BCUT2D eigenvalue weighted by Crippen LogP contribution is 2.21. The average molecular weight is 295 g/mol. The highest BCUT2D eigenvalue weighted by Gasteiger charge is 2.08. The third-order valence-corrected chi connectivity index (χ3v) is 2.56. The van der Waals surface area contributed by atoms with Crippen LogP contribution in [-0.4, -0.2) is 16.4 Å². The molecule has 0 saturated heterocycles. The van der Waals surface area contributed by atoms with Crippen molar-refractivity contribution in [2.75, 3.05) is 10.6 Å². The molecule has 0 spiro atoms. The van der Waals surface area contributed by atoms with Gasteiger partial charge in [0.2, 0.25) is 11.8 Å². The Morgan fingerprint density at radius 2 is 2.12 bits per heavy atom. The molecule has 4 nitrogen and oxygen atoms in total. The van der Waals surface area contributed by atoms with Crippen LogP contribution in [0.5, 0.6) is 0 Å². The normalized spacial score (nSPS) is 10.2. The predicted octanol–water partition coefficient (Wildman–Crippen LogP) is 3.07. The fourth-order valence-corrected chi connectivity index (χ4v) is 1.72. The van der Waals surface area contributed by atoms with Crippen LogP contribution < -0.4 is 5.32 Å². The van der Waals surface area contributed by atoms with Crippen molar-refractivity contribution in [1.29, 1.82) is 0 Å². The summed E-state index contributed by atoms with van der Waals surface area (Å²) >= 11 is 3.20. The molecular weight excluding hydrogens is 284 g/mol. The molecule has 0 aliphatic carbocycles. The lowest BCUT2D eigenvalue weighted by molar-refractivity contribution is -0.115. The van der Waals surface area contributed by atoms with Crippen LogP contribution in [0.15, 0.2) is 40.9 Å². The van der Waals surface area contributed by atoms with E-state index in [0.717, 1.165) is 5.56 Å². The molecule has 0 bridgehead atoms. The van der Waals surface area contributed by atoms with Gasteiger partial charge in [0.05, 0.1) is 0 Å². The van der Waals surface area contributed by atoms with Gasteiger partial charge in [0.15, 0.2) is 0 Å². The van der Waals surface area contributed by atoms with E-state index in [1.807, 2.05) is 30.3 Å². The van der Waals surface area contributed by atoms with Gasteiger partial charge < -0.3 is 4.52 Å². The molecule has 0 aliphatic heterocycles. The molecule has 0 aliphatic rings. The number of anilines is 1. The van der Waals surface area contributed by atoms with Crippen molar-refractivity contribution in [3.05, 3.63) is 36.4 Å². The van der Waals surface area contributed by atoms with E-state index in [1.165, 1.54) is 0 Å². The molecule has 0 unspecified atom stereocenters. The van der Waals surface area contributed by atoms with Crippen LogP contribution in [0.2, 0.25) is 0 Å². The second-order valence-corrected chi connectivity index (χ2v) is 4.22. The SMILES string of the molecule is O=C(CCBr)Nc1cc(-c2ccccc2)no1. The van der Waals surface area contributed by atoms with Gasteiger partial charge in [-0.1, -0.05) is 51.4 Å². The van der Waals surface area contributed by atoms with Crippen molar-refractivity contribution in [2.45, 2.75) is 6.42 Å². The van der Waals surface area contributed by atoms with Gasteiger partial charge >= 0.3 is 0 Å². The lowest BCUT2D eigenvalue weighted by Gasteiger charge is -1.96. The van der Waals surface area contributed by atoms with Crippen LogP contribution in [0.4, 0.5) is 5.88 Å². The topological polar surface area (TPSA) is 55.1 Å². The zero-order chi connectivity index (χ0) is 12.1. The van der Waals surface area contributed by atoms with Crippen LogP contribution in [0.3, 0.4) is 0 Å². The van der Waals surface area contributed by atoms with Gasteiger partial charge in [-0.2, -0.15) is 0 Å². The molecule has 0 fully saturated rings. The van der Waals surface area contributed by atoms with Gasteiger partial charge in [-0.05, 0) is 0 Å². The van der Waals surface area contributed by atoms with Gasteiger partial charge in [-0.3, -0.25) is 10.1 Å². The Hall–Kier alpha value is -1.62. The minimum atomic E-state index is -0.0994. The van der Waals surface area contributed by atoms with E-state index in [0.29, 0.717) is 23.3 Å². The number of alkyl halides is 1. The number of hydrogen-bond acceptors (Lipinski definition) is 3. The molecule has 5 heteroatoms. The van der Waals surface area contributed by atoms with Crippen molar-refractivity contribution in [3.8, 4) is 11.3 Å². The average Bonchev–Trinajstić information content (AvgIpc) is 2.79. The largest absolute Gasteiger partial charge is 0.338 e. The van der Waals surface area contributed by atoms with Gasteiger partial charge in [0.25, 0.3) is 0 Å². The van der Waals surface area contributed by atoms with Gasteiger partial charge in [-0.15, -0.1) is 0 Å². The lowest BCUT2D eigenvalue weighted by Crippen LogP contribution is -2.10. The Morgan fingerprint density at radius 1 is 1.35 bits per heavy atom. The van der Waals surface area contributed by atoms with Gasteiger partial charge in [0, 0.05) is 23.4 Å². The molecule has 0 saturated carbocycles. The van der Waals surface area contributed by atoms with Crippen LogP contribution >= 0.6 is 15.9 Å². The first-order chi connectivity index (χ1) is 8.29. The van der Waals surface area contributed by atoms with Crippen LogP contribution in [-0.2, 0) is 4.79 Å². The number of hydrogen-bond donors (Lipinski definition) is 1. The van der Waals surface area contributed by atoms with E-state index in [-0.39, 0.29) is 5.91 Å². The molecule has 1 amide bonds. The van der Waals surface area contributed by atoms with Gasteiger partial charge in [-0.25, -0.2) is 0 Å². The van der Waals surface area contributed by atoms with E-state index < -0.39 is 0 Å². The number of carbonyl (C=O) groups is 1. The van der Waals surface area contributed by atoms with E-state index in [4.69, 9.17) is 4.52 Å². The number of amides is 1. The standard InChI is InChI=1S/C12H11BrN2O2/c13-7-6-11(16)14-12-8-10(15-17-12)9-4-2-1-3-5-9/h1-5,8H,6-7H2,(H,14,16). The molecule has 2 rings (SSSR count). The van der Waals surface area contributed by atoms with Crippen LogP contribution in [0, 0.1) is 0 Å². The number of rotatable bonds is 4. The van der Waals surface area contributed by atoms with Crippen molar-refractivity contribution in [3.63, 3.8) is 0 Å². The maximum atomic E-state index is 11.3. The number of aromatic nitrogens is 1. The Bertz CT molecular complexity index is 496.